The van der Waals surface area contributed by atoms with Crippen LogP contribution in [0, 0.1) is 23.1 Å². The molecular weight excluding hydrogens is 283 g/mol. The third-order valence-electron chi connectivity index (χ3n) is 2.92. The Morgan fingerprint density at radius 2 is 2.10 bits per heavy atom. The van der Waals surface area contributed by atoms with Gasteiger partial charge in [-0.25, -0.2) is 17.5 Å². The standard InChI is InChI=1S/C13H17FN2O3S/c1-9(2)13(5-6-17)16-20(18,19)11-3-4-12(14)10(7-11)8-15/h3-4,7,9,13,16-17H,5-6H2,1-2H3. The van der Waals surface area contributed by atoms with Crippen LogP contribution in [0.25, 0.3) is 0 Å². The summed E-state index contributed by atoms with van der Waals surface area (Å²) in [6.07, 6.45) is 0.281. The highest BCUT2D eigenvalue weighted by atomic mass is 32.2. The van der Waals surface area contributed by atoms with Crippen molar-refractivity contribution >= 4 is 10.0 Å². The van der Waals surface area contributed by atoms with Crippen molar-refractivity contribution in [2.45, 2.75) is 31.2 Å². The van der Waals surface area contributed by atoms with Crippen molar-refractivity contribution in [3.8, 4) is 6.07 Å². The van der Waals surface area contributed by atoms with Crippen molar-refractivity contribution in [1.82, 2.24) is 4.72 Å². The Hall–Kier alpha value is -1.49. The lowest BCUT2D eigenvalue weighted by Gasteiger charge is -2.21. The van der Waals surface area contributed by atoms with Crippen molar-refractivity contribution < 1.29 is 17.9 Å². The molecule has 0 radical (unpaired) electrons. The van der Waals surface area contributed by atoms with E-state index < -0.39 is 21.9 Å². The Morgan fingerprint density at radius 1 is 1.45 bits per heavy atom. The van der Waals surface area contributed by atoms with Gasteiger partial charge in [0.2, 0.25) is 10.0 Å². The van der Waals surface area contributed by atoms with Gasteiger partial charge in [-0.2, -0.15) is 5.26 Å². The Balaban J connectivity index is 3.08. The van der Waals surface area contributed by atoms with Crippen LogP contribution in [-0.4, -0.2) is 26.2 Å². The Bertz CT molecular complexity index is 609. The highest BCUT2D eigenvalue weighted by Gasteiger charge is 2.23. The normalized spacial score (nSPS) is 13.2. The number of hydrogen-bond acceptors (Lipinski definition) is 4. The molecule has 7 heteroatoms. The zero-order chi connectivity index (χ0) is 15.3. The molecular formula is C13H17FN2O3S. The summed E-state index contributed by atoms with van der Waals surface area (Å²) in [6.45, 7) is 3.51. The first-order valence-electron chi connectivity index (χ1n) is 6.14. The monoisotopic (exact) mass is 300 g/mol. The predicted octanol–water partition coefficient (Wildman–Crippen LogP) is 1.38. The van der Waals surface area contributed by atoms with E-state index in [4.69, 9.17) is 10.4 Å². The molecule has 0 bridgehead atoms. The van der Waals surface area contributed by atoms with Gasteiger partial charge in [-0.3, -0.25) is 0 Å². The third kappa shape index (κ3) is 4.00. The largest absolute Gasteiger partial charge is 0.396 e. The summed E-state index contributed by atoms with van der Waals surface area (Å²) in [4.78, 5) is -0.168. The molecule has 110 valence electrons. The third-order valence-corrected chi connectivity index (χ3v) is 4.41. The summed E-state index contributed by atoms with van der Waals surface area (Å²) in [7, 11) is -3.85. The van der Waals surface area contributed by atoms with E-state index in [1.54, 1.807) is 6.07 Å². The van der Waals surface area contributed by atoms with E-state index in [2.05, 4.69) is 4.72 Å². The molecule has 1 atom stereocenters. The van der Waals surface area contributed by atoms with Crippen molar-refractivity contribution in [1.29, 1.82) is 5.26 Å². The van der Waals surface area contributed by atoms with Crippen LogP contribution in [-0.2, 0) is 10.0 Å². The van der Waals surface area contributed by atoms with Gasteiger partial charge < -0.3 is 5.11 Å². The highest BCUT2D eigenvalue weighted by molar-refractivity contribution is 7.89. The van der Waals surface area contributed by atoms with E-state index in [-0.39, 0.29) is 29.4 Å². The summed E-state index contributed by atoms with van der Waals surface area (Å²) in [5.41, 5.74) is -0.323. The van der Waals surface area contributed by atoms with Crippen LogP contribution >= 0.6 is 0 Å². The number of aliphatic hydroxyl groups excluding tert-OH is 1. The molecule has 0 aliphatic carbocycles. The number of nitrogens with one attached hydrogen (secondary N) is 1. The molecule has 1 aromatic rings. The summed E-state index contributed by atoms with van der Waals surface area (Å²) in [5, 5.41) is 17.7. The number of rotatable bonds is 6. The van der Waals surface area contributed by atoms with Gasteiger partial charge in [0.25, 0.3) is 0 Å². The van der Waals surface area contributed by atoms with Crippen molar-refractivity contribution in [3.63, 3.8) is 0 Å². The van der Waals surface area contributed by atoms with Crippen LogP contribution < -0.4 is 4.72 Å². The van der Waals surface area contributed by atoms with Crippen molar-refractivity contribution in [2.75, 3.05) is 6.61 Å². The average Bonchev–Trinajstić information content (AvgIpc) is 2.38. The smallest absolute Gasteiger partial charge is 0.240 e. The molecule has 1 unspecified atom stereocenters. The van der Waals surface area contributed by atoms with Crippen LogP contribution in [0.4, 0.5) is 4.39 Å². The quantitative estimate of drug-likeness (QED) is 0.830. The van der Waals surface area contributed by atoms with Gasteiger partial charge in [0, 0.05) is 12.6 Å². The molecule has 0 heterocycles. The molecule has 0 aliphatic rings. The minimum Gasteiger partial charge on any atom is -0.396 e. The zero-order valence-corrected chi connectivity index (χ0v) is 12.1. The van der Waals surface area contributed by atoms with Crippen LogP contribution in [0.3, 0.4) is 0 Å². The molecule has 0 fully saturated rings. The molecule has 1 rings (SSSR count). The van der Waals surface area contributed by atoms with E-state index >= 15 is 0 Å². The second kappa shape index (κ2) is 6.79. The van der Waals surface area contributed by atoms with E-state index in [1.165, 1.54) is 0 Å². The minimum absolute atomic E-state index is 0.00666. The Labute approximate surface area is 118 Å². The first-order valence-corrected chi connectivity index (χ1v) is 7.63. The van der Waals surface area contributed by atoms with Crippen molar-refractivity contribution in [3.05, 3.63) is 29.6 Å². The molecule has 2 N–H and O–H groups in total. The van der Waals surface area contributed by atoms with E-state index in [0.29, 0.717) is 0 Å². The van der Waals surface area contributed by atoms with Gasteiger partial charge in [-0.15, -0.1) is 0 Å². The van der Waals surface area contributed by atoms with E-state index in [0.717, 1.165) is 18.2 Å². The summed E-state index contributed by atoms with van der Waals surface area (Å²) in [6, 6.07) is 4.22. The lowest BCUT2D eigenvalue weighted by atomic mass is 10.0. The number of aliphatic hydroxyl groups is 1. The second-order valence-electron chi connectivity index (χ2n) is 4.74. The molecule has 0 aromatic heterocycles. The van der Waals surface area contributed by atoms with Crippen LogP contribution in [0.2, 0.25) is 0 Å². The molecule has 5 nitrogen and oxygen atoms in total. The fourth-order valence-electron chi connectivity index (χ4n) is 1.69. The maximum absolute atomic E-state index is 13.2. The molecule has 0 saturated carbocycles. The van der Waals surface area contributed by atoms with Crippen molar-refractivity contribution in [2.24, 2.45) is 5.92 Å². The fraction of sp³-hybridized carbons (Fsp3) is 0.462. The summed E-state index contributed by atoms with van der Waals surface area (Å²) >= 11 is 0. The molecule has 20 heavy (non-hydrogen) atoms. The van der Waals surface area contributed by atoms with Crippen LogP contribution in [0.1, 0.15) is 25.8 Å². The molecule has 0 saturated heterocycles. The Kier molecular flexibility index (Phi) is 5.62. The molecule has 0 aliphatic heterocycles. The predicted molar refractivity (Wildman–Crippen MR) is 71.8 cm³/mol. The minimum atomic E-state index is -3.85. The van der Waals surface area contributed by atoms with Gasteiger partial charge in [0.05, 0.1) is 10.5 Å². The number of hydrogen-bond donors (Lipinski definition) is 2. The Morgan fingerprint density at radius 3 is 2.60 bits per heavy atom. The maximum Gasteiger partial charge on any atom is 0.240 e. The number of benzene rings is 1. The van der Waals surface area contributed by atoms with E-state index in [1.807, 2.05) is 13.8 Å². The van der Waals surface area contributed by atoms with Gasteiger partial charge in [0.1, 0.15) is 11.9 Å². The number of nitrogens with zero attached hydrogens (tertiary/aromatic N) is 1. The molecule has 0 spiro atoms. The van der Waals surface area contributed by atoms with E-state index in [9.17, 15) is 12.8 Å². The second-order valence-corrected chi connectivity index (χ2v) is 6.45. The molecule has 1 aromatic carbocycles. The number of halogens is 1. The number of nitriles is 1. The number of sulfonamides is 1. The maximum atomic E-state index is 13.2. The summed E-state index contributed by atoms with van der Waals surface area (Å²) in [5.74, 6) is -0.768. The first kappa shape index (κ1) is 16.6. The van der Waals surface area contributed by atoms with Crippen LogP contribution in [0.5, 0.6) is 0 Å². The topological polar surface area (TPSA) is 90.2 Å². The van der Waals surface area contributed by atoms with Gasteiger partial charge >= 0.3 is 0 Å². The van der Waals surface area contributed by atoms with Gasteiger partial charge in [-0.1, -0.05) is 13.8 Å². The van der Waals surface area contributed by atoms with Gasteiger partial charge in [0.15, 0.2) is 0 Å². The SMILES string of the molecule is CC(C)C(CCO)NS(=O)(=O)c1ccc(F)c(C#N)c1. The average molecular weight is 300 g/mol. The van der Waals surface area contributed by atoms with Crippen LogP contribution in [0.15, 0.2) is 23.1 Å². The first-order chi connectivity index (χ1) is 9.31. The fourth-order valence-corrected chi connectivity index (χ4v) is 3.14. The zero-order valence-electron chi connectivity index (χ0n) is 11.3. The lowest BCUT2D eigenvalue weighted by Crippen LogP contribution is -2.39. The van der Waals surface area contributed by atoms with Gasteiger partial charge in [-0.05, 0) is 30.5 Å². The lowest BCUT2D eigenvalue weighted by molar-refractivity contribution is 0.256. The summed E-state index contributed by atoms with van der Waals surface area (Å²) < 4.78 is 40.0. The molecule has 0 amide bonds. The highest BCUT2D eigenvalue weighted by Crippen LogP contribution is 2.16.